The molecule has 132 valence electrons. The second-order valence-corrected chi connectivity index (χ2v) is 5.77. The molecular weight excluding hydrogens is 318 g/mol. The van der Waals surface area contributed by atoms with Crippen LogP contribution in [0.5, 0.6) is 5.75 Å². The summed E-state index contributed by atoms with van der Waals surface area (Å²) in [6, 6.07) is 17.5. The average Bonchev–Trinajstić information content (AvgIpc) is 2.66. The minimum atomic E-state index is -0.434. The van der Waals surface area contributed by atoms with E-state index in [-0.39, 0.29) is 24.8 Å². The highest BCUT2D eigenvalue weighted by atomic mass is 16.5. The molecule has 0 unspecified atom stereocenters. The topological polar surface area (TPSA) is 55.8 Å². The third kappa shape index (κ3) is 5.08. The van der Waals surface area contributed by atoms with Gasteiger partial charge in [-0.15, -0.1) is 0 Å². The maximum atomic E-state index is 12.6. The molecule has 0 radical (unpaired) electrons. The molecule has 0 fully saturated rings. The molecule has 1 amide bonds. The molecule has 0 bridgehead atoms. The van der Waals surface area contributed by atoms with Crippen LogP contribution < -0.4 is 4.74 Å². The van der Waals surface area contributed by atoms with Gasteiger partial charge >= 0.3 is 5.97 Å². The van der Waals surface area contributed by atoms with E-state index in [4.69, 9.17) is 4.74 Å². The Morgan fingerprint density at radius 3 is 2.12 bits per heavy atom. The van der Waals surface area contributed by atoms with Crippen molar-refractivity contribution >= 4 is 11.9 Å². The van der Waals surface area contributed by atoms with Gasteiger partial charge in [-0.1, -0.05) is 42.5 Å². The molecule has 0 N–H and O–H groups in total. The molecule has 1 atom stereocenters. The number of nitrogens with zero attached hydrogens (tertiary/aromatic N) is 1. The lowest BCUT2D eigenvalue weighted by Crippen LogP contribution is -2.33. The minimum absolute atomic E-state index is 0.0561. The molecule has 2 rings (SSSR count). The van der Waals surface area contributed by atoms with Gasteiger partial charge in [-0.05, 0) is 23.3 Å². The molecule has 0 aliphatic rings. The lowest BCUT2D eigenvalue weighted by Gasteiger charge is -2.22. The van der Waals surface area contributed by atoms with Gasteiger partial charge in [-0.25, -0.2) is 0 Å². The van der Waals surface area contributed by atoms with Crippen LogP contribution in [0, 0.1) is 0 Å². The second-order valence-electron chi connectivity index (χ2n) is 5.77. The molecule has 0 aliphatic carbocycles. The molecule has 2 aromatic carbocycles. The number of rotatable bonds is 7. The highest BCUT2D eigenvalue weighted by Gasteiger charge is 2.21. The van der Waals surface area contributed by atoms with Gasteiger partial charge in [-0.2, -0.15) is 0 Å². The van der Waals surface area contributed by atoms with Crippen LogP contribution in [0.15, 0.2) is 54.6 Å². The van der Waals surface area contributed by atoms with Gasteiger partial charge in [0.25, 0.3) is 0 Å². The molecule has 0 aromatic heterocycles. The lowest BCUT2D eigenvalue weighted by atomic mass is 9.88. The SMILES string of the molecule is COC(=O)CN(C)C(=O)C[C@H](c1ccccc1)c1ccc(OC)cc1. The van der Waals surface area contributed by atoms with Gasteiger partial charge in [0.05, 0.1) is 14.2 Å². The molecule has 5 heteroatoms. The fourth-order valence-electron chi connectivity index (χ4n) is 2.63. The monoisotopic (exact) mass is 341 g/mol. The van der Waals surface area contributed by atoms with Crippen molar-refractivity contribution in [2.75, 3.05) is 27.8 Å². The van der Waals surface area contributed by atoms with Crippen LogP contribution in [0.2, 0.25) is 0 Å². The molecule has 0 saturated carbocycles. The Labute approximate surface area is 148 Å². The van der Waals surface area contributed by atoms with Crippen LogP contribution in [0.3, 0.4) is 0 Å². The van der Waals surface area contributed by atoms with E-state index in [1.165, 1.54) is 12.0 Å². The van der Waals surface area contributed by atoms with Crippen LogP contribution in [0.1, 0.15) is 23.5 Å². The molecule has 0 aliphatic heterocycles. The van der Waals surface area contributed by atoms with Crippen molar-refractivity contribution in [3.8, 4) is 5.75 Å². The number of benzene rings is 2. The number of carbonyl (C=O) groups excluding carboxylic acids is 2. The summed E-state index contributed by atoms with van der Waals surface area (Å²) >= 11 is 0. The van der Waals surface area contributed by atoms with Crippen molar-refractivity contribution in [1.29, 1.82) is 0 Å². The molecule has 0 saturated heterocycles. The lowest BCUT2D eigenvalue weighted by molar-refractivity contribution is -0.146. The minimum Gasteiger partial charge on any atom is -0.497 e. The Balaban J connectivity index is 2.23. The molecule has 25 heavy (non-hydrogen) atoms. The van der Waals surface area contributed by atoms with Crippen LogP contribution in [-0.4, -0.2) is 44.6 Å². The normalized spacial score (nSPS) is 11.5. The van der Waals surface area contributed by atoms with Crippen LogP contribution in [-0.2, 0) is 14.3 Å². The number of hydrogen-bond acceptors (Lipinski definition) is 4. The summed E-state index contributed by atoms with van der Waals surface area (Å²) in [6.45, 7) is -0.0561. The number of methoxy groups -OCH3 is 2. The summed E-state index contributed by atoms with van der Waals surface area (Å²) < 4.78 is 9.83. The number of esters is 1. The number of amides is 1. The van der Waals surface area contributed by atoms with E-state index < -0.39 is 5.97 Å². The maximum Gasteiger partial charge on any atom is 0.325 e. The third-order valence-corrected chi connectivity index (χ3v) is 4.12. The van der Waals surface area contributed by atoms with E-state index in [9.17, 15) is 9.59 Å². The van der Waals surface area contributed by atoms with Crippen molar-refractivity contribution < 1.29 is 19.1 Å². The van der Waals surface area contributed by atoms with Gasteiger partial charge in [0.15, 0.2) is 0 Å². The number of hydrogen-bond donors (Lipinski definition) is 0. The Hall–Kier alpha value is -2.82. The zero-order valence-electron chi connectivity index (χ0n) is 14.8. The van der Waals surface area contributed by atoms with E-state index in [0.29, 0.717) is 0 Å². The van der Waals surface area contributed by atoms with Crippen molar-refractivity contribution in [3.63, 3.8) is 0 Å². The van der Waals surface area contributed by atoms with Crippen molar-refractivity contribution in [2.24, 2.45) is 0 Å². The molecule has 5 nitrogen and oxygen atoms in total. The van der Waals surface area contributed by atoms with Gasteiger partial charge < -0.3 is 14.4 Å². The number of likely N-dealkylation sites (N-methyl/N-ethyl adjacent to an activating group) is 1. The van der Waals surface area contributed by atoms with Crippen molar-refractivity contribution in [3.05, 3.63) is 65.7 Å². The van der Waals surface area contributed by atoms with Gasteiger partial charge in [0.2, 0.25) is 5.91 Å². The Kier molecular flexibility index (Phi) is 6.57. The molecule has 0 spiro atoms. The summed E-state index contributed by atoms with van der Waals surface area (Å²) in [5.41, 5.74) is 2.07. The molecule has 2 aromatic rings. The van der Waals surface area contributed by atoms with E-state index >= 15 is 0 Å². The van der Waals surface area contributed by atoms with Gasteiger partial charge in [-0.3, -0.25) is 9.59 Å². The summed E-state index contributed by atoms with van der Waals surface area (Å²) in [5, 5.41) is 0. The first-order chi connectivity index (χ1) is 12.0. The van der Waals surface area contributed by atoms with E-state index in [1.54, 1.807) is 14.2 Å². The summed E-state index contributed by atoms with van der Waals surface area (Å²) in [7, 11) is 4.54. The van der Waals surface area contributed by atoms with Crippen LogP contribution >= 0.6 is 0 Å². The smallest absolute Gasteiger partial charge is 0.325 e. The number of carbonyl (C=O) groups is 2. The summed E-state index contributed by atoms with van der Waals surface area (Å²) in [6.07, 6.45) is 0.268. The first kappa shape index (κ1) is 18.5. The van der Waals surface area contributed by atoms with Gasteiger partial charge in [0, 0.05) is 19.4 Å². The quantitative estimate of drug-likeness (QED) is 0.727. The fourth-order valence-corrected chi connectivity index (χ4v) is 2.63. The first-order valence-corrected chi connectivity index (χ1v) is 8.04. The molecular formula is C20H23NO4. The summed E-state index contributed by atoms with van der Waals surface area (Å²) in [4.78, 5) is 25.4. The van der Waals surface area contributed by atoms with Crippen molar-refractivity contribution in [1.82, 2.24) is 4.90 Å². The van der Waals surface area contributed by atoms with Gasteiger partial charge in [0.1, 0.15) is 12.3 Å². The van der Waals surface area contributed by atoms with E-state index in [1.807, 2.05) is 54.6 Å². The maximum absolute atomic E-state index is 12.6. The van der Waals surface area contributed by atoms with E-state index in [0.717, 1.165) is 16.9 Å². The second kappa shape index (κ2) is 8.87. The predicted molar refractivity (Wildman–Crippen MR) is 95.5 cm³/mol. The standard InChI is InChI=1S/C20H23NO4/c1-21(14-20(23)25-3)19(22)13-18(15-7-5-4-6-8-15)16-9-11-17(24-2)12-10-16/h4-12,18H,13-14H2,1-3H3/t18-/m1/s1. The zero-order valence-corrected chi connectivity index (χ0v) is 14.8. The van der Waals surface area contributed by atoms with Crippen molar-refractivity contribution in [2.45, 2.75) is 12.3 Å². The Morgan fingerprint density at radius 1 is 0.960 bits per heavy atom. The highest BCUT2D eigenvalue weighted by molar-refractivity contribution is 5.82. The Bertz CT molecular complexity index is 697. The third-order valence-electron chi connectivity index (χ3n) is 4.12. The van der Waals surface area contributed by atoms with Crippen LogP contribution in [0.4, 0.5) is 0 Å². The van der Waals surface area contributed by atoms with E-state index in [2.05, 4.69) is 4.74 Å². The van der Waals surface area contributed by atoms with Crippen LogP contribution in [0.25, 0.3) is 0 Å². The Morgan fingerprint density at radius 2 is 1.56 bits per heavy atom. The number of ether oxygens (including phenoxy) is 2. The zero-order chi connectivity index (χ0) is 18.2. The fraction of sp³-hybridized carbons (Fsp3) is 0.300. The largest absolute Gasteiger partial charge is 0.497 e. The predicted octanol–water partition coefficient (Wildman–Crippen LogP) is 2.85. The average molecular weight is 341 g/mol. The first-order valence-electron chi connectivity index (χ1n) is 8.04. The molecule has 0 heterocycles. The highest BCUT2D eigenvalue weighted by Crippen LogP contribution is 2.29. The summed E-state index contributed by atoms with van der Waals surface area (Å²) in [5.74, 6) is 0.121.